The molecule has 0 aromatic rings. The van der Waals surface area contributed by atoms with Gasteiger partial charge in [-0.05, 0) is 6.92 Å². The Kier molecular flexibility index (Phi) is 10.5. The van der Waals surface area contributed by atoms with Crippen LogP contribution in [-0.2, 0) is 14.3 Å². The molecule has 10 heavy (non-hydrogen) atoms. The van der Waals surface area contributed by atoms with Gasteiger partial charge in [0.05, 0.1) is 6.61 Å². The Hall–Kier alpha value is 0.745. The molecule has 53 valence electrons. The molecule has 0 amide bonds. The molecule has 0 saturated heterocycles. The summed E-state index contributed by atoms with van der Waals surface area (Å²) in [6.07, 6.45) is -0.548. The summed E-state index contributed by atoms with van der Waals surface area (Å²) < 4.78 is 4.33. The average Bonchev–Trinajstić information content (AvgIpc) is 1.63. The van der Waals surface area contributed by atoms with Gasteiger partial charge in [-0.15, -0.1) is 0 Å². The van der Waals surface area contributed by atoms with Crippen molar-refractivity contribution in [3.05, 3.63) is 0 Å². The van der Waals surface area contributed by atoms with Gasteiger partial charge < -0.3 is 9.84 Å². The molecular formula is C5H8O4Rb. The van der Waals surface area contributed by atoms with Crippen molar-refractivity contribution in [2.75, 3.05) is 6.61 Å². The van der Waals surface area contributed by atoms with E-state index >= 15 is 0 Å². The fourth-order valence-electron chi connectivity index (χ4n) is 0.335. The molecule has 0 aromatic carbocycles. The van der Waals surface area contributed by atoms with E-state index < -0.39 is 18.4 Å². The summed E-state index contributed by atoms with van der Waals surface area (Å²) in [7, 11) is 0. The number of hydrogen-bond acceptors (Lipinski definition) is 3. The van der Waals surface area contributed by atoms with Crippen LogP contribution in [0.5, 0.6) is 0 Å². The van der Waals surface area contributed by atoms with Gasteiger partial charge in [0.15, 0.2) is 0 Å². The predicted molar refractivity (Wildman–Crippen MR) is 34.6 cm³/mol. The maximum Gasteiger partial charge on any atom is 0.317 e. The van der Waals surface area contributed by atoms with E-state index in [0.717, 1.165) is 0 Å². The molecule has 0 rings (SSSR count). The zero-order valence-corrected chi connectivity index (χ0v) is 11.0. The Morgan fingerprint density at radius 3 is 2.30 bits per heavy atom. The number of carbonyl (C=O) groups excluding carboxylic acids is 1. The van der Waals surface area contributed by atoms with Crippen LogP contribution in [0.15, 0.2) is 0 Å². The molecule has 4 nitrogen and oxygen atoms in total. The molecule has 0 aromatic heterocycles. The van der Waals surface area contributed by atoms with Gasteiger partial charge in [0.25, 0.3) is 0 Å². The number of rotatable bonds is 3. The van der Waals surface area contributed by atoms with E-state index in [-0.39, 0.29) is 64.8 Å². The molecule has 0 atom stereocenters. The van der Waals surface area contributed by atoms with Crippen molar-refractivity contribution in [3.8, 4) is 0 Å². The first-order chi connectivity index (χ1) is 4.16. The maximum absolute atomic E-state index is 10.3. The molecule has 0 spiro atoms. The molecule has 0 saturated carbocycles. The Bertz CT molecular complexity index is 123. The van der Waals surface area contributed by atoms with Crippen molar-refractivity contribution in [3.63, 3.8) is 0 Å². The van der Waals surface area contributed by atoms with Crippen LogP contribution in [0.4, 0.5) is 0 Å². The topological polar surface area (TPSA) is 63.6 Å². The van der Waals surface area contributed by atoms with Crippen LogP contribution in [0.2, 0.25) is 0 Å². The van der Waals surface area contributed by atoms with E-state index in [1.807, 2.05) is 0 Å². The summed E-state index contributed by atoms with van der Waals surface area (Å²) >= 11 is 0. The largest absolute Gasteiger partial charge is 0.481 e. The Labute approximate surface area is 108 Å². The third kappa shape index (κ3) is 8.75. The molecule has 0 aliphatic heterocycles. The van der Waals surface area contributed by atoms with Gasteiger partial charge in [0.1, 0.15) is 6.42 Å². The molecule has 1 radical (unpaired) electrons. The average molecular weight is 218 g/mol. The number of carboxylic acids is 1. The van der Waals surface area contributed by atoms with Crippen molar-refractivity contribution >= 4 is 70.1 Å². The van der Waals surface area contributed by atoms with E-state index in [9.17, 15) is 9.59 Å². The van der Waals surface area contributed by atoms with Crippen LogP contribution in [0.1, 0.15) is 13.3 Å². The van der Waals surface area contributed by atoms with Gasteiger partial charge in [-0.3, -0.25) is 9.59 Å². The monoisotopic (exact) mass is 217 g/mol. The number of carboxylic acid groups (broad SMARTS) is 1. The molecular weight excluding hydrogens is 210 g/mol. The molecule has 0 bridgehead atoms. The quantitative estimate of drug-likeness (QED) is 0.518. The minimum absolute atomic E-state index is 0. The fraction of sp³-hybridized carbons (Fsp3) is 0.600. The van der Waals surface area contributed by atoms with Crippen LogP contribution >= 0.6 is 0 Å². The summed E-state index contributed by atoms with van der Waals surface area (Å²) in [6.45, 7) is 1.85. The Morgan fingerprint density at radius 2 is 2.00 bits per heavy atom. The van der Waals surface area contributed by atoms with E-state index in [2.05, 4.69) is 4.74 Å². The molecule has 5 heteroatoms. The van der Waals surface area contributed by atoms with Gasteiger partial charge in [-0.25, -0.2) is 0 Å². The first-order valence-electron chi connectivity index (χ1n) is 2.54. The second-order valence-electron chi connectivity index (χ2n) is 1.38. The summed E-state index contributed by atoms with van der Waals surface area (Å²) in [5.74, 6) is -1.85. The number of ether oxygens (including phenoxy) is 1. The second kappa shape index (κ2) is 7.85. The summed E-state index contributed by atoms with van der Waals surface area (Å²) in [6, 6.07) is 0. The second-order valence-corrected chi connectivity index (χ2v) is 1.38. The van der Waals surface area contributed by atoms with Crippen LogP contribution in [-0.4, -0.2) is 81.8 Å². The maximum atomic E-state index is 10.3. The van der Waals surface area contributed by atoms with Crippen LogP contribution in [0, 0.1) is 0 Å². The van der Waals surface area contributed by atoms with Crippen molar-refractivity contribution in [1.82, 2.24) is 0 Å². The summed E-state index contributed by atoms with van der Waals surface area (Å²) in [5, 5.41) is 8.01. The standard InChI is InChI=1S/C5H8O4.Rb/c1-2-9-5(8)3-4(6)7;/h2-3H2,1H3,(H,6,7);. The van der Waals surface area contributed by atoms with Crippen LogP contribution in [0.3, 0.4) is 0 Å². The molecule has 0 unspecified atom stereocenters. The van der Waals surface area contributed by atoms with E-state index in [0.29, 0.717) is 0 Å². The van der Waals surface area contributed by atoms with Gasteiger partial charge in [-0.1, -0.05) is 0 Å². The third-order valence-corrected chi connectivity index (χ3v) is 0.601. The number of esters is 1. The van der Waals surface area contributed by atoms with Gasteiger partial charge in [0.2, 0.25) is 0 Å². The minimum atomic E-state index is -1.16. The minimum Gasteiger partial charge on any atom is -0.481 e. The van der Waals surface area contributed by atoms with Crippen molar-refractivity contribution < 1.29 is 19.4 Å². The Balaban J connectivity index is 0. The zero-order valence-electron chi connectivity index (χ0n) is 6.09. The number of carbonyl (C=O) groups is 2. The molecule has 0 aliphatic carbocycles. The summed E-state index contributed by atoms with van der Waals surface area (Å²) in [5.41, 5.74) is 0. The molecule has 0 heterocycles. The van der Waals surface area contributed by atoms with Crippen molar-refractivity contribution in [2.45, 2.75) is 13.3 Å². The molecule has 1 N–H and O–H groups in total. The van der Waals surface area contributed by atoms with E-state index in [4.69, 9.17) is 5.11 Å². The van der Waals surface area contributed by atoms with Crippen molar-refractivity contribution in [2.24, 2.45) is 0 Å². The van der Waals surface area contributed by atoms with Gasteiger partial charge >= 0.3 is 11.9 Å². The number of aliphatic carboxylic acids is 1. The normalized spacial score (nSPS) is 7.70. The SMILES string of the molecule is CCOC(=O)CC(=O)O.[Rb]. The third-order valence-electron chi connectivity index (χ3n) is 0.601. The fourth-order valence-corrected chi connectivity index (χ4v) is 0.335. The smallest absolute Gasteiger partial charge is 0.317 e. The van der Waals surface area contributed by atoms with Gasteiger partial charge in [-0.2, -0.15) is 0 Å². The zero-order chi connectivity index (χ0) is 7.28. The molecule has 0 aliphatic rings. The predicted octanol–water partition coefficient (Wildman–Crippen LogP) is -0.357. The van der Waals surface area contributed by atoms with E-state index in [1.54, 1.807) is 6.92 Å². The van der Waals surface area contributed by atoms with Crippen LogP contribution in [0.25, 0.3) is 0 Å². The van der Waals surface area contributed by atoms with E-state index in [1.165, 1.54) is 0 Å². The summed E-state index contributed by atoms with van der Waals surface area (Å²) in [4.78, 5) is 20.0. The first kappa shape index (κ1) is 13.3. The molecule has 0 fully saturated rings. The van der Waals surface area contributed by atoms with Crippen molar-refractivity contribution in [1.29, 1.82) is 0 Å². The first-order valence-corrected chi connectivity index (χ1v) is 2.54. The van der Waals surface area contributed by atoms with Gasteiger partial charge in [0, 0.05) is 58.2 Å². The number of hydrogen-bond donors (Lipinski definition) is 1. The Morgan fingerprint density at radius 1 is 1.50 bits per heavy atom. The van der Waals surface area contributed by atoms with Crippen LogP contribution < -0.4 is 0 Å².